The number of hydrogen-bond acceptors (Lipinski definition) is 5. The van der Waals surface area contributed by atoms with E-state index < -0.39 is 6.29 Å². The van der Waals surface area contributed by atoms with Crippen LogP contribution in [0, 0.1) is 0 Å². The highest BCUT2D eigenvalue weighted by Gasteiger charge is 2.13. The van der Waals surface area contributed by atoms with Crippen LogP contribution in [0.1, 0.15) is 26.0 Å². The zero-order valence-electron chi connectivity index (χ0n) is 8.43. The second-order valence-electron chi connectivity index (χ2n) is 2.62. The molecule has 0 saturated carbocycles. The molecule has 1 heterocycles. The number of nitrogen functional groups attached to an aromatic ring is 1. The van der Waals surface area contributed by atoms with Crippen molar-refractivity contribution in [2.75, 3.05) is 18.9 Å². The minimum atomic E-state index is -0.495. The average molecular weight is 197 g/mol. The summed E-state index contributed by atoms with van der Waals surface area (Å²) in [5, 5.41) is 0. The molecule has 1 rings (SSSR count). The van der Waals surface area contributed by atoms with Crippen molar-refractivity contribution < 1.29 is 9.47 Å². The zero-order chi connectivity index (χ0) is 10.4. The van der Waals surface area contributed by atoms with Gasteiger partial charge in [-0.05, 0) is 13.8 Å². The quantitative estimate of drug-likeness (QED) is 0.716. The fraction of sp³-hybridized carbons (Fsp3) is 0.556. The molecule has 0 atom stereocenters. The monoisotopic (exact) mass is 197 g/mol. The molecule has 14 heavy (non-hydrogen) atoms. The van der Waals surface area contributed by atoms with Crippen molar-refractivity contribution in [1.29, 1.82) is 0 Å². The summed E-state index contributed by atoms with van der Waals surface area (Å²) in [7, 11) is 0. The molecule has 0 aliphatic heterocycles. The van der Waals surface area contributed by atoms with E-state index in [9.17, 15) is 0 Å². The summed E-state index contributed by atoms with van der Waals surface area (Å²) in [6, 6.07) is 0. The molecule has 1 aromatic heterocycles. The molecule has 0 unspecified atom stereocenters. The molecule has 5 heteroatoms. The number of anilines is 1. The standard InChI is InChI=1S/C9H15N3O2/c1-3-13-9(14-4-2)8-11-5-7(10)6-12-8/h5-6,9H,3-4,10H2,1-2H3. The Bertz CT molecular complexity index is 257. The second kappa shape index (κ2) is 5.51. The lowest BCUT2D eigenvalue weighted by atomic mass is 10.5. The summed E-state index contributed by atoms with van der Waals surface area (Å²) >= 11 is 0. The lowest BCUT2D eigenvalue weighted by Gasteiger charge is -2.14. The first-order valence-corrected chi connectivity index (χ1v) is 4.58. The molecule has 0 bridgehead atoms. The van der Waals surface area contributed by atoms with Gasteiger partial charge in [0.2, 0.25) is 6.29 Å². The predicted octanol–water partition coefficient (Wildman–Crippen LogP) is 1.13. The fourth-order valence-corrected chi connectivity index (χ4v) is 0.970. The number of nitrogens with zero attached hydrogens (tertiary/aromatic N) is 2. The van der Waals surface area contributed by atoms with E-state index in [0.717, 1.165) is 0 Å². The molecule has 0 aromatic carbocycles. The van der Waals surface area contributed by atoms with E-state index in [1.165, 1.54) is 12.4 Å². The normalized spacial score (nSPS) is 10.8. The van der Waals surface area contributed by atoms with Gasteiger partial charge in [0.15, 0.2) is 5.82 Å². The summed E-state index contributed by atoms with van der Waals surface area (Å²) in [6.45, 7) is 4.89. The lowest BCUT2D eigenvalue weighted by molar-refractivity contribution is -0.145. The molecule has 0 saturated heterocycles. The van der Waals surface area contributed by atoms with Gasteiger partial charge in [-0.2, -0.15) is 0 Å². The maximum absolute atomic E-state index is 5.47. The topological polar surface area (TPSA) is 70.3 Å². The summed E-state index contributed by atoms with van der Waals surface area (Å²) in [4.78, 5) is 8.06. The zero-order valence-corrected chi connectivity index (χ0v) is 8.43. The Morgan fingerprint density at radius 3 is 2.14 bits per heavy atom. The maximum atomic E-state index is 5.47. The Labute approximate surface area is 83.3 Å². The van der Waals surface area contributed by atoms with Crippen LogP contribution >= 0.6 is 0 Å². The highest BCUT2D eigenvalue weighted by molar-refractivity contribution is 5.30. The van der Waals surface area contributed by atoms with Gasteiger partial charge in [0, 0.05) is 13.2 Å². The minimum absolute atomic E-state index is 0.495. The molecule has 0 aliphatic carbocycles. The number of rotatable bonds is 5. The van der Waals surface area contributed by atoms with Crippen LogP contribution in [0.3, 0.4) is 0 Å². The van der Waals surface area contributed by atoms with Gasteiger partial charge in [0.05, 0.1) is 18.1 Å². The molecule has 2 N–H and O–H groups in total. The number of nitrogens with two attached hydrogens (primary N) is 1. The lowest BCUT2D eigenvalue weighted by Crippen LogP contribution is -2.12. The smallest absolute Gasteiger partial charge is 0.219 e. The molecule has 0 fully saturated rings. The van der Waals surface area contributed by atoms with Crippen LogP contribution in [0.15, 0.2) is 12.4 Å². The molecule has 1 aromatic rings. The first kappa shape index (κ1) is 10.9. The summed E-state index contributed by atoms with van der Waals surface area (Å²) < 4.78 is 10.6. The van der Waals surface area contributed by atoms with Gasteiger partial charge in [0.1, 0.15) is 0 Å². The van der Waals surface area contributed by atoms with Crippen LogP contribution in [-0.4, -0.2) is 23.2 Å². The Morgan fingerprint density at radius 2 is 1.71 bits per heavy atom. The van der Waals surface area contributed by atoms with Crippen molar-refractivity contribution in [3.63, 3.8) is 0 Å². The molecule has 0 spiro atoms. The predicted molar refractivity (Wildman–Crippen MR) is 52.4 cm³/mol. The van der Waals surface area contributed by atoms with Gasteiger partial charge in [-0.25, -0.2) is 9.97 Å². The average Bonchev–Trinajstić information content (AvgIpc) is 2.19. The Kier molecular flexibility index (Phi) is 4.28. The van der Waals surface area contributed by atoms with E-state index in [2.05, 4.69) is 9.97 Å². The highest BCUT2D eigenvalue weighted by atomic mass is 16.7. The third-order valence-corrected chi connectivity index (χ3v) is 1.54. The van der Waals surface area contributed by atoms with Crippen LogP contribution in [0.25, 0.3) is 0 Å². The van der Waals surface area contributed by atoms with Crippen molar-refractivity contribution >= 4 is 5.69 Å². The molecular weight excluding hydrogens is 182 g/mol. The van der Waals surface area contributed by atoms with Crippen LogP contribution < -0.4 is 5.73 Å². The Balaban J connectivity index is 2.71. The van der Waals surface area contributed by atoms with Crippen molar-refractivity contribution in [3.05, 3.63) is 18.2 Å². The van der Waals surface area contributed by atoms with E-state index in [0.29, 0.717) is 24.7 Å². The van der Waals surface area contributed by atoms with Crippen molar-refractivity contribution in [2.24, 2.45) is 0 Å². The van der Waals surface area contributed by atoms with Gasteiger partial charge in [-0.3, -0.25) is 0 Å². The molecule has 0 amide bonds. The first-order chi connectivity index (χ1) is 6.77. The van der Waals surface area contributed by atoms with Crippen LogP contribution in [0.2, 0.25) is 0 Å². The Hall–Kier alpha value is -1.20. The minimum Gasteiger partial charge on any atom is -0.396 e. The molecule has 0 aliphatic rings. The SMILES string of the molecule is CCOC(OCC)c1ncc(N)cn1. The number of ether oxygens (including phenoxy) is 2. The van der Waals surface area contributed by atoms with Gasteiger partial charge < -0.3 is 15.2 Å². The summed E-state index contributed by atoms with van der Waals surface area (Å²) in [6.07, 6.45) is 2.58. The number of hydrogen-bond donors (Lipinski definition) is 1. The highest BCUT2D eigenvalue weighted by Crippen LogP contribution is 2.14. The molecular formula is C9H15N3O2. The first-order valence-electron chi connectivity index (χ1n) is 4.58. The van der Waals surface area contributed by atoms with Crippen molar-refractivity contribution in [1.82, 2.24) is 9.97 Å². The van der Waals surface area contributed by atoms with Crippen LogP contribution in [-0.2, 0) is 9.47 Å². The van der Waals surface area contributed by atoms with Crippen molar-refractivity contribution in [3.8, 4) is 0 Å². The van der Waals surface area contributed by atoms with E-state index in [-0.39, 0.29) is 0 Å². The summed E-state index contributed by atoms with van der Waals surface area (Å²) in [5.74, 6) is 0.503. The van der Waals surface area contributed by atoms with Crippen LogP contribution in [0.5, 0.6) is 0 Å². The Morgan fingerprint density at radius 1 is 1.21 bits per heavy atom. The van der Waals surface area contributed by atoms with Gasteiger partial charge in [-0.15, -0.1) is 0 Å². The van der Waals surface area contributed by atoms with Gasteiger partial charge in [0.25, 0.3) is 0 Å². The van der Waals surface area contributed by atoms with E-state index in [1.54, 1.807) is 0 Å². The second-order valence-corrected chi connectivity index (χ2v) is 2.62. The van der Waals surface area contributed by atoms with E-state index in [4.69, 9.17) is 15.2 Å². The molecule has 0 radical (unpaired) electrons. The van der Waals surface area contributed by atoms with E-state index >= 15 is 0 Å². The van der Waals surface area contributed by atoms with Gasteiger partial charge >= 0.3 is 0 Å². The third kappa shape index (κ3) is 2.93. The van der Waals surface area contributed by atoms with E-state index in [1.807, 2.05) is 13.8 Å². The largest absolute Gasteiger partial charge is 0.396 e. The summed E-state index contributed by atoms with van der Waals surface area (Å²) in [5.41, 5.74) is 6.00. The third-order valence-electron chi connectivity index (χ3n) is 1.54. The fourth-order valence-electron chi connectivity index (χ4n) is 0.970. The van der Waals surface area contributed by atoms with Crippen molar-refractivity contribution in [2.45, 2.75) is 20.1 Å². The van der Waals surface area contributed by atoms with Crippen LogP contribution in [0.4, 0.5) is 5.69 Å². The molecule has 5 nitrogen and oxygen atoms in total. The number of aromatic nitrogens is 2. The van der Waals surface area contributed by atoms with Gasteiger partial charge in [-0.1, -0.05) is 0 Å². The maximum Gasteiger partial charge on any atom is 0.219 e. The molecule has 78 valence electrons.